The van der Waals surface area contributed by atoms with Gasteiger partial charge >= 0.3 is 12.3 Å². The van der Waals surface area contributed by atoms with Crippen LogP contribution in [-0.4, -0.2) is 55.4 Å². The van der Waals surface area contributed by atoms with Crippen molar-refractivity contribution in [3.05, 3.63) is 29.3 Å². The number of halogens is 3. The minimum Gasteiger partial charge on any atom is -0.465 e. The largest absolute Gasteiger partial charge is 0.465 e. The highest BCUT2D eigenvalue weighted by atomic mass is 32.2. The Morgan fingerprint density at radius 2 is 2.04 bits per heavy atom. The van der Waals surface area contributed by atoms with Crippen LogP contribution in [0.15, 0.2) is 23.1 Å². The molecule has 1 aromatic rings. The molecule has 1 aliphatic rings. The standard InChI is InChI=1S/C13H15F3N2O5S/c14-13(15,16)9-2-1-8-5-10(7-18(3-4-19)12(20)21)17-24(22,23)11(8)6-9/h1-2,6,10,17,19H,3-5,7H2,(H,20,21). The highest BCUT2D eigenvalue weighted by Gasteiger charge is 2.36. The van der Waals surface area contributed by atoms with E-state index >= 15 is 0 Å². The Kier molecular flexibility index (Phi) is 5.06. The number of carbonyl (C=O) groups is 1. The van der Waals surface area contributed by atoms with Crippen LogP contribution in [0.4, 0.5) is 18.0 Å². The van der Waals surface area contributed by atoms with Crippen molar-refractivity contribution in [1.82, 2.24) is 9.62 Å². The number of hydrogen-bond donors (Lipinski definition) is 3. The zero-order valence-corrected chi connectivity index (χ0v) is 13.1. The molecule has 3 N–H and O–H groups in total. The first kappa shape index (κ1) is 18.5. The second kappa shape index (κ2) is 6.57. The predicted octanol–water partition coefficient (Wildman–Crippen LogP) is 0.881. The van der Waals surface area contributed by atoms with Crippen LogP contribution in [0.2, 0.25) is 0 Å². The SMILES string of the molecule is O=C(O)N(CCO)CC1Cc2ccc(C(F)(F)F)cc2S(=O)(=O)N1. The van der Waals surface area contributed by atoms with E-state index in [2.05, 4.69) is 4.72 Å². The molecule has 0 spiro atoms. The van der Waals surface area contributed by atoms with Gasteiger partial charge in [-0.3, -0.25) is 0 Å². The van der Waals surface area contributed by atoms with Crippen LogP contribution < -0.4 is 4.72 Å². The molecule has 134 valence electrons. The van der Waals surface area contributed by atoms with Crippen LogP contribution in [0, 0.1) is 0 Å². The number of nitrogens with zero attached hydrogens (tertiary/aromatic N) is 1. The van der Waals surface area contributed by atoms with Crippen molar-refractivity contribution in [2.24, 2.45) is 0 Å². The van der Waals surface area contributed by atoms with Crippen molar-refractivity contribution in [2.45, 2.75) is 23.5 Å². The lowest BCUT2D eigenvalue weighted by Crippen LogP contribution is -2.49. The van der Waals surface area contributed by atoms with Crippen LogP contribution in [-0.2, 0) is 22.6 Å². The summed E-state index contributed by atoms with van der Waals surface area (Å²) in [5.41, 5.74) is -0.890. The molecule has 0 radical (unpaired) electrons. The maximum absolute atomic E-state index is 12.7. The molecule has 1 aromatic carbocycles. The first-order valence-electron chi connectivity index (χ1n) is 6.86. The Morgan fingerprint density at radius 3 is 2.58 bits per heavy atom. The zero-order valence-electron chi connectivity index (χ0n) is 12.2. The van der Waals surface area contributed by atoms with Gasteiger partial charge in [0.25, 0.3) is 0 Å². The molecule has 0 fully saturated rings. The number of amides is 1. The number of aliphatic hydroxyl groups excluding tert-OH is 1. The van der Waals surface area contributed by atoms with E-state index in [4.69, 9.17) is 10.2 Å². The molecule has 11 heteroatoms. The van der Waals surface area contributed by atoms with Crippen molar-refractivity contribution in [2.75, 3.05) is 19.7 Å². The summed E-state index contributed by atoms with van der Waals surface area (Å²) in [5, 5.41) is 17.8. The van der Waals surface area contributed by atoms with Gasteiger partial charge in [0.15, 0.2) is 0 Å². The molecule has 1 heterocycles. The first-order chi connectivity index (χ1) is 11.0. The number of fused-ring (bicyclic) bond motifs is 1. The minimum atomic E-state index is -4.66. The number of sulfonamides is 1. The van der Waals surface area contributed by atoms with E-state index in [0.29, 0.717) is 6.07 Å². The highest BCUT2D eigenvalue weighted by Crippen LogP contribution is 2.33. The van der Waals surface area contributed by atoms with Crippen LogP contribution >= 0.6 is 0 Å². The molecule has 24 heavy (non-hydrogen) atoms. The molecule has 0 saturated heterocycles. The summed E-state index contributed by atoms with van der Waals surface area (Å²) in [6.07, 6.45) is -5.95. The smallest absolute Gasteiger partial charge is 0.416 e. The van der Waals surface area contributed by atoms with Crippen LogP contribution in [0.25, 0.3) is 0 Å². The molecule has 7 nitrogen and oxygen atoms in total. The molecular formula is C13H15F3N2O5S. The van der Waals surface area contributed by atoms with Crippen LogP contribution in [0.1, 0.15) is 11.1 Å². The van der Waals surface area contributed by atoms with Gasteiger partial charge in [-0.2, -0.15) is 13.2 Å². The van der Waals surface area contributed by atoms with E-state index < -0.39 is 45.4 Å². The van der Waals surface area contributed by atoms with Gasteiger partial charge in [-0.05, 0) is 24.1 Å². The zero-order chi connectivity index (χ0) is 18.1. The molecule has 0 saturated carbocycles. The summed E-state index contributed by atoms with van der Waals surface area (Å²) in [6.45, 7) is -0.861. The summed E-state index contributed by atoms with van der Waals surface area (Å²) in [6, 6.07) is 1.61. The fourth-order valence-electron chi connectivity index (χ4n) is 2.49. The number of carboxylic acid groups (broad SMARTS) is 1. The maximum Gasteiger partial charge on any atom is 0.416 e. The van der Waals surface area contributed by atoms with Crippen molar-refractivity contribution < 1.29 is 36.6 Å². The quantitative estimate of drug-likeness (QED) is 0.731. The number of rotatable bonds is 4. The van der Waals surface area contributed by atoms with Gasteiger partial charge in [-0.15, -0.1) is 0 Å². The molecule has 2 rings (SSSR count). The molecule has 0 aromatic heterocycles. The summed E-state index contributed by atoms with van der Waals surface area (Å²) >= 11 is 0. The Bertz CT molecular complexity index is 736. The second-order valence-corrected chi connectivity index (χ2v) is 6.98. The molecular weight excluding hydrogens is 353 g/mol. The van der Waals surface area contributed by atoms with E-state index in [1.54, 1.807) is 0 Å². The lowest BCUT2D eigenvalue weighted by Gasteiger charge is -2.30. The first-order valence-corrected chi connectivity index (χ1v) is 8.34. The third-order valence-corrected chi connectivity index (χ3v) is 5.16. The molecule has 0 bridgehead atoms. The van der Waals surface area contributed by atoms with Gasteiger partial charge in [0, 0.05) is 19.1 Å². The van der Waals surface area contributed by atoms with E-state index in [-0.39, 0.29) is 25.1 Å². The van der Waals surface area contributed by atoms with E-state index in [9.17, 15) is 26.4 Å². The van der Waals surface area contributed by atoms with Crippen LogP contribution in [0.5, 0.6) is 0 Å². The van der Waals surface area contributed by atoms with Gasteiger partial charge in [-0.1, -0.05) is 6.07 Å². The number of benzene rings is 1. The predicted molar refractivity (Wildman–Crippen MR) is 75.9 cm³/mol. The lowest BCUT2D eigenvalue weighted by atomic mass is 10.0. The Morgan fingerprint density at radius 1 is 1.38 bits per heavy atom. The molecule has 1 unspecified atom stereocenters. The third kappa shape index (κ3) is 3.97. The minimum absolute atomic E-state index is 0.0436. The molecule has 1 atom stereocenters. The summed E-state index contributed by atoms with van der Waals surface area (Å²) < 4.78 is 64.7. The molecule has 0 aliphatic carbocycles. The fourth-order valence-corrected chi connectivity index (χ4v) is 4.00. The lowest BCUT2D eigenvalue weighted by molar-refractivity contribution is -0.137. The Hall–Kier alpha value is -1.85. The summed E-state index contributed by atoms with van der Waals surface area (Å²) in [5.74, 6) is 0. The normalized spacial score (nSPS) is 19.6. The maximum atomic E-state index is 12.7. The fraction of sp³-hybridized carbons (Fsp3) is 0.462. The van der Waals surface area contributed by atoms with E-state index in [0.717, 1.165) is 17.0 Å². The Labute approximate surface area is 135 Å². The number of alkyl halides is 3. The van der Waals surface area contributed by atoms with Gasteiger partial charge in [0.1, 0.15) is 0 Å². The monoisotopic (exact) mass is 368 g/mol. The van der Waals surface area contributed by atoms with Crippen molar-refractivity contribution in [3.63, 3.8) is 0 Å². The van der Waals surface area contributed by atoms with Gasteiger partial charge < -0.3 is 15.1 Å². The third-order valence-electron chi connectivity index (χ3n) is 3.55. The summed E-state index contributed by atoms with van der Waals surface area (Å²) in [4.78, 5) is 11.4. The average molecular weight is 368 g/mol. The van der Waals surface area contributed by atoms with Crippen molar-refractivity contribution in [3.8, 4) is 0 Å². The topological polar surface area (TPSA) is 107 Å². The number of hydrogen-bond acceptors (Lipinski definition) is 4. The van der Waals surface area contributed by atoms with Crippen molar-refractivity contribution in [1.29, 1.82) is 0 Å². The summed E-state index contributed by atoms with van der Waals surface area (Å²) in [7, 11) is -4.19. The number of aliphatic hydroxyl groups is 1. The molecule has 1 amide bonds. The van der Waals surface area contributed by atoms with E-state index in [1.807, 2.05) is 0 Å². The van der Waals surface area contributed by atoms with Gasteiger partial charge in [0.2, 0.25) is 10.0 Å². The Balaban J connectivity index is 2.30. The second-order valence-electron chi connectivity index (χ2n) is 5.29. The van der Waals surface area contributed by atoms with Gasteiger partial charge in [0.05, 0.1) is 17.1 Å². The van der Waals surface area contributed by atoms with E-state index in [1.165, 1.54) is 0 Å². The number of nitrogens with one attached hydrogen (secondary N) is 1. The average Bonchev–Trinajstić information content (AvgIpc) is 2.44. The van der Waals surface area contributed by atoms with Gasteiger partial charge in [-0.25, -0.2) is 17.9 Å². The highest BCUT2D eigenvalue weighted by molar-refractivity contribution is 7.89. The van der Waals surface area contributed by atoms with Crippen molar-refractivity contribution >= 4 is 16.1 Å². The molecule has 1 aliphatic heterocycles. The van der Waals surface area contributed by atoms with Crippen LogP contribution in [0.3, 0.4) is 0 Å².